The number of pyridine rings is 1. The molecule has 1 unspecified atom stereocenters. The molecule has 1 aliphatic rings. The number of amides is 1. The van der Waals surface area contributed by atoms with Crippen molar-refractivity contribution in [1.29, 1.82) is 0 Å². The van der Waals surface area contributed by atoms with Gasteiger partial charge in [0.25, 0.3) is 0 Å². The van der Waals surface area contributed by atoms with Gasteiger partial charge < -0.3 is 11.1 Å². The highest BCUT2D eigenvalue weighted by molar-refractivity contribution is 5.76. The monoisotopic (exact) mass is 338 g/mol. The summed E-state index contributed by atoms with van der Waals surface area (Å²) in [6.45, 7) is 4.36. The summed E-state index contributed by atoms with van der Waals surface area (Å²) in [5.41, 5.74) is 9.26. The number of likely N-dealkylation sites (tertiary alicyclic amines) is 1. The molecular weight excluding hydrogens is 312 g/mol. The molecule has 0 bridgehead atoms. The maximum Gasteiger partial charge on any atom is 0.221 e. The number of piperidine rings is 1. The SMILES string of the molecule is NC(=O)C1CCCN(Cc2cccc(CNCc3ccncc3)c2)C1. The van der Waals surface area contributed by atoms with Crippen LogP contribution in [0, 0.1) is 5.92 Å². The second kappa shape index (κ2) is 8.74. The van der Waals surface area contributed by atoms with Crippen molar-refractivity contribution in [2.24, 2.45) is 11.7 Å². The number of nitrogens with zero attached hydrogens (tertiary/aromatic N) is 2. The number of aromatic nitrogens is 1. The maximum absolute atomic E-state index is 11.4. The highest BCUT2D eigenvalue weighted by atomic mass is 16.1. The topological polar surface area (TPSA) is 71.2 Å². The first-order chi connectivity index (χ1) is 12.2. The van der Waals surface area contributed by atoms with Gasteiger partial charge in [0.15, 0.2) is 0 Å². The Bertz CT molecular complexity index is 689. The second-order valence-electron chi connectivity index (χ2n) is 6.76. The van der Waals surface area contributed by atoms with Crippen molar-refractivity contribution in [1.82, 2.24) is 15.2 Å². The standard InChI is InChI=1S/C20H26N4O/c21-20(25)19-5-2-10-24(15-19)14-18-4-1-3-17(11-18)13-23-12-16-6-8-22-9-7-16/h1,3-4,6-9,11,19,23H,2,5,10,12-15H2,(H2,21,25). The molecule has 2 aromatic rings. The van der Waals surface area contributed by atoms with Crippen LogP contribution in [-0.2, 0) is 24.4 Å². The summed E-state index contributed by atoms with van der Waals surface area (Å²) in [7, 11) is 0. The third kappa shape index (κ3) is 5.37. The number of carbonyl (C=O) groups excluding carboxylic acids is 1. The van der Waals surface area contributed by atoms with Crippen LogP contribution in [0.1, 0.15) is 29.5 Å². The van der Waals surface area contributed by atoms with E-state index >= 15 is 0 Å². The molecule has 1 saturated heterocycles. The van der Waals surface area contributed by atoms with E-state index in [0.29, 0.717) is 0 Å². The number of benzene rings is 1. The van der Waals surface area contributed by atoms with Crippen molar-refractivity contribution in [3.63, 3.8) is 0 Å². The summed E-state index contributed by atoms with van der Waals surface area (Å²) >= 11 is 0. The fourth-order valence-corrected chi connectivity index (χ4v) is 3.38. The second-order valence-corrected chi connectivity index (χ2v) is 6.76. The smallest absolute Gasteiger partial charge is 0.221 e. The Labute approximate surface area is 149 Å². The van der Waals surface area contributed by atoms with E-state index in [1.54, 1.807) is 0 Å². The van der Waals surface area contributed by atoms with Gasteiger partial charge in [-0.15, -0.1) is 0 Å². The van der Waals surface area contributed by atoms with Crippen molar-refractivity contribution in [2.45, 2.75) is 32.5 Å². The first-order valence-electron chi connectivity index (χ1n) is 8.90. The molecule has 1 fully saturated rings. The number of nitrogens with one attached hydrogen (secondary N) is 1. The Morgan fingerprint density at radius 2 is 1.92 bits per heavy atom. The summed E-state index contributed by atoms with van der Waals surface area (Å²) in [5, 5.41) is 3.47. The van der Waals surface area contributed by atoms with Crippen LogP contribution in [-0.4, -0.2) is 28.9 Å². The molecule has 1 aromatic carbocycles. The minimum Gasteiger partial charge on any atom is -0.369 e. The number of carbonyl (C=O) groups is 1. The molecule has 5 nitrogen and oxygen atoms in total. The van der Waals surface area contributed by atoms with E-state index in [2.05, 4.69) is 39.5 Å². The van der Waals surface area contributed by atoms with E-state index in [1.165, 1.54) is 16.7 Å². The van der Waals surface area contributed by atoms with Gasteiger partial charge in [-0.3, -0.25) is 14.7 Å². The maximum atomic E-state index is 11.4. The van der Waals surface area contributed by atoms with Crippen molar-refractivity contribution in [3.8, 4) is 0 Å². The molecule has 0 spiro atoms. The van der Waals surface area contributed by atoms with E-state index in [4.69, 9.17) is 5.73 Å². The Hall–Kier alpha value is -2.24. The number of nitrogens with two attached hydrogens (primary N) is 1. The molecule has 1 amide bonds. The fraction of sp³-hybridized carbons (Fsp3) is 0.400. The van der Waals surface area contributed by atoms with Crippen LogP contribution in [0.25, 0.3) is 0 Å². The summed E-state index contributed by atoms with van der Waals surface area (Å²) < 4.78 is 0. The van der Waals surface area contributed by atoms with E-state index in [0.717, 1.165) is 45.6 Å². The third-order valence-electron chi connectivity index (χ3n) is 4.71. The summed E-state index contributed by atoms with van der Waals surface area (Å²) in [4.78, 5) is 17.8. The molecule has 25 heavy (non-hydrogen) atoms. The Balaban J connectivity index is 1.51. The largest absolute Gasteiger partial charge is 0.369 e. The van der Waals surface area contributed by atoms with Crippen molar-refractivity contribution in [2.75, 3.05) is 13.1 Å². The summed E-state index contributed by atoms with van der Waals surface area (Å²) in [6, 6.07) is 12.7. The van der Waals surface area contributed by atoms with Gasteiger partial charge in [0.05, 0.1) is 5.92 Å². The lowest BCUT2D eigenvalue weighted by Gasteiger charge is -2.31. The molecule has 1 aliphatic heterocycles. The molecular formula is C20H26N4O. The average Bonchev–Trinajstić information content (AvgIpc) is 2.63. The number of hydrogen-bond acceptors (Lipinski definition) is 4. The van der Waals surface area contributed by atoms with Gasteiger partial charge >= 0.3 is 0 Å². The average molecular weight is 338 g/mol. The van der Waals surface area contributed by atoms with Crippen LogP contribution >= 0.6 is 0 Å². The van der Waals surface area contributed by atoms with E-state index < -0.39 is 0 Å². The highest BCUT2D eigenvalue weighted by Crippen LogP contribution is 2.18. The number of rotatable bonds is 7. The predicted octanol–water partition coefficient (Wildman–Crippen LogP) is 2.07. The van der Waals surface area contributed by atoms with Crippen LogP contribution < -0.4 is 11.1 Å². The zero-order valence-corrected chi connectivity index (χ0v) is 14.5. The Morgan fingerprint density at radius 1 is 1.16 bits per heavy atom. The van der Waals surface area contributed by atoms with Crippen LogP contribution in [0.2, 0.25) is 0 Å². The Kier molecular flexibility index (Phi) is 6.14. The van der Waals surface area contributed by atoms with Gasteiger partial charge in [-0.1, -0.05) is 24.3 Å². The molecule has 0 saturated carbocycles. The quantitative estimate of drug-likeness (QED) is 0.811. The van der Waals surface area contributed by atoms with Crippen LogP contribution in [0.3, 0.4) is 0 Å². The van der Waals surface area contributed by atoms with Gasteiger partial charge in [-0.2, -0.15) is 0 Å². The lowest BCUT2D eigenvalue weighted by Crippen LogP contribution is -2.40. The molecule has 0 radical (unpaired) electrons. The van der Waals surface area contributed by atoms with Gasteiger partial charge in [-0.05, 0) is 48.2 Å². The van der Waals surface area contributed by atoms with Crippen molar-refractivity contribution >= 4 is 5.91 Å². The van der Waals surface area contributed by atoms with E-state index in [1.807, 2.05) is 24.5 Å². The lowest BCUT2D eigenvalue weighted by atomic mass is 9.97. The van der Waals surface area contributed by atoms with Crippen LogP contribution in [0.15, 0.2) is 48.8 Å². The van der Waals surface area contributed by atoms with Crippen LogP contribution in [0.4, 0.5) is 0 Å². The van der Waals surface area contributed by atoms with Crippen LogP contribution in [0.5, 0.6) is 0 Å². The highest BCUT2D eigenvalue weighted by Gasteiger charge is 2.23. The molecule has 1 atom stereocenters. The molecule has 3 N–H and O–H groups in total. The van der Waals surface area contributed by atoms with Crippen molar-refractivity contribution in [3.05, 3.63) is 65.5 Å². The normalized spacial score (nSPS) is 18.2. The first kappa shape index (κ1) is 17.6. The Morgan fingerprint density at radius 3 is 2.72 bits per heavy atom. The van der Waals surface area contributed by atoms with Gasteiger partial charge in [-0.25, -0.2) is 0 Å². The molecule has 1 aromatic heterocycles. The zero-order chi connectivity index (χ0) is 17.5. The van der Waals surface area contributed by atoms with E-state index in [9.17, 15) is 4.79 Å². The number of hydrogen-bond donors (Lipinski definition) is 2. The first-order valence-corrected chi connectivity index (χ1v) is 8.90. The van der Waals surface area contributed by atoms with E-state index in [-0.39, 0.29) is 11.8 Å². The number of primary amides is 1. The molecule has 3 rings (SSSR count). The van der Waals surface area contributed by atoms with Gasteiger partial charge in [0, 0.05) is 38.6 Å². The lowest BCUT2D eigenvalue weighted by molar-refractivity contribution is -0.123. The summed E-state index contributed by atoms with van der Waals surface area (Å²) in [5.74, 6) is -0.169. The summed E-state index contributed by atoms with van der Waals surface area (Å²) in [6.07, 6.45) is 5.59. The molecule has 2 heterocycles. The van der Waals surface area contributed by atoms with Gasteiger partial charge in [0.2, 0.25) is 5.91 Å². The molecule has 132 valence electrons. The zero-order valence-electron chi connectivity index (χ0n) is 14.5. The minimum atomic E-state index is -0.168. The molecule has 0 aliphatic carbocycles. The van der Waals surface area contributed by atoms with Gasteiger partial charge in [0.1, 0.15) is 0 Å². The molecule has 5 heteroatoms. The third-order valence-corrected chi connectivity index (χ3v) is 4.71. The fourth-order valence-electron chi connectivity index (χ4n) is 3.38. The van der Waals surface area contributed by atoms with Crippen molar-refractivity contribution < 1.29 is 4.79 Å². The minimum absolute atomic E-state index is 0.000962. The predicted molar refractivity (Wildman–Crippen MR) is 98.4 cm³/mol.